The zero-order valence-electron chi connectivity index (χ0n) is 8.28. The van der Waals surface area contributed by atoms with Gasteiger partial charge in [-0.05, 0) is 13.8 Å². The molecule has 72 valence electrons. The molecule has 1 aromatic rings. The molecule has 0 spiro atoms. The summed E-state index contributed by atoms with van der Waals surface area (Å²) in [5.41, 5.74) is 1.88. The topological polar surface area (TPSA) is 49.2 Å². The fraction of sp³-hybridized carbons (Fsp3) is 0.556. The van der Waals surface area contributed by atoms with Gasteiger partial charge in [-0.15, -0.1) is 0 Å². The maximum absolute atomic E-state index is 8.73. The molecule has 0 aromatic carbocycles. The molecule has 1 aromatic heterocycles. The molecule has 1 rings (SSSR count). The third-order valence-corrected chi connectivity index (χ3v) is 2.01. The maximum Gasteiger partial charge on any atom is 0.147 e. The van der Waals surface area contributed by atoms with Crippen molar-refractivity contribution in [2.24, 2.45) is 0 Å². The number of likely N-dealkylation sites (N-methyl/N-ethyl adjacent to an activating group) is 1. The highest BCUT2D eigenvalue weighted by atomic mass is 16.3. The first-order valence-electron chi connectivity index (χ1n) is 4.27. The van der Waals surface area contributed by atoms with Crippen LogP contribution in [0, 0.1) is 13.8 Å². The summed E-state index contributed by atoms with van der Waals surface area (Å²) in [4.78, 5) is 10.4. The summed E-state index contributed by atoms with van der Waals surface area (Å²) in [7, 11) is 1.88. The van der Waals surface area contributed by atoms with Gasteiger partial charge < -0.3 is 10.0 Å². The molecule has 1 N–H and O–H groups in total. The van der Waals surface area contributed by atoms with Gasteiger partial charge in [-0.3, -0.25) is 4.98 Å². The molecular formula is C9H15N3O. The Hall–Kier alpha value is -1.16. The third kappa shape index (κ3) is 2.39. The molecule has 0 fully saturated rings. The number of aromatic nitrogens is 2. The minimum atomic E-state index is 0.130. The lowest BCUT2D eigenvalue weighted by atomic mass is 10.3. The van der Waals surface area contributed by atoms with Crippen LogP contribution in [0.2, 0.25) is 0 Å². The van der Waals surface area contributed by atoms with Crippen molar-refractivity contribution >= 4 is 5.82 Å². The van der Waals surface area contributed by atoms with E-state index in [2.05, 4.69) is 9.97 Å². The summed E-state index contributed by atoms with van der Waals surface area (Å²) < 4.78 is 0. The van der Waals surface area contributed by atoms with Crippen molar-refractivity contribution in [3.63, 3.8) is 0 Å². The van der Waals surface area contributed by atoms with Crippen LogP contribution < -0.4 is 4.90 Å². The van der Waals surface area contributed by atoms with Crippen LogP contribution in [0.4, 0.5) is 5.82 Å². The van der Waals surface area contributed by atoms with Crippen LogP contribution >= 0.6 is 0 Å². The standard InChI is InChI=1S/C9H15N3O/c1-7-8(2)11-9(6-10-7)12(3)4-5-13/h6,13H,4-5H2,1-3H3. The first-order chi connectivity index (χ1) is 6.15. The van der Waals surface area contributed by atoms with Crippen LogP contribution in [0.15, 0.2) is 6.20 Å². The van der Waals surface area contributed by atoms with Gasteiger partial charge in [0.05, 0.1) is 24.2 Å². The van der Waals surface area contributed by atoms with Crippen molar-refractivity contribution in [3.05, 3.63) is 17.6 Å². The molecule has 0 saturated heterocycles. The van der Waals surface area contributed by atoms with Gasteiger partial charge in [-0.1, -0.05) is 0 Å². The van der Waals surface area contributed by atoms with Crippen molar-refractivity contribution in [2.75, 3.05) is 25.1 Å². The van der Waals surface area contributed by atoms with Crippen molar-refractivity contribution in [1.82, 2.24) is 9.97 Å². The van der Waals surface area contributed by atoms with Gasteiger partial charge in [0.2, 0.25) is 0 Å². The largest absolute Gasteiger partial charge is 0.395 e. The van der Waals surface area contributed by atoms with E-state index < -0.39 is 0 Å². The summed E-state index contributed by atoms with van der Waals surface area (Å²) in [6.07, 6.45) is 1.72. The first kappa shape index (κ1) is 9.92. The van der Waals surface area contributed by atoms with Crippen LogP contribution in [-0.2, 0) is 0 Å². The van der Waals surface area contributed by atoms with E-state index in [0.717, 1.165) is 17.2 Å². The van der Waals surface area contributed by atoms with Gasteiger partial charge in [-0.2, -0.15) is 0 Å². The van der Waals surface area contributed by atoms with Gasteiger partial charge in [-0.25, -0.2) is 4.98 Å². The molecule has 0 radical (unpaired) electrons. The predicted molar refractivity (Wildman–Crippen MR) is 51.9 cm³/mol. The number of anilines is 1. The van der Waals surface area contributed by atoms with Gasteiger partial charge >= 0.3 is 0 Å². The van der Waals surface area contributed by atoms with Gasteiger partial charge in [0, 0.05) is 13.6 Å². The number of nitrogens with zero attached hydrogens (tertiary/aromatic N) is 3. The summed E-state index contributed by atoms with van der Waals surface area (Å²) in [6, 6.07) is 0. The highest BCUT2D eigenvalue weighted by molar-refractivity contribution is 5.36. The van der Waals surface area contributed by atoms with Crippen molar-refractivity contribution < 1.29 is 5.11 Å². The van der Waals surface area contributed by atoms with Crippen LogP contribution in [0.5, 0.6) is 0 Å². The number of aliphatic hydroxyl groups is 1. The second-order valence-corrected chi connectivity index (χ2v) is 3.04. The van der Waals surface area contributed by atoms with Gasteiger partial charge in [0.15, 0.2) is 0 Å². The number of aliphatic hydroxyl groups excluding tert-OH is 1. The molecule has 1 heterocycles. The third-order valence-electron chi connectivity index (χ3n) is 2.01. The molecule has 13 heavy (non-hydrogen) atoms. The Kier molecular flexibility index (Phi) is 3.19. The number of hydrogen-bond acceptors (Lipinski definition) is 4. The quantitative estimate of drug-likeness (QED) is 0.738. The lowest BCUT2D eigenvalue weighted by molar-refractivity contribution is 0.304. The Bertz CT molecular complexity index is 288. The minimum absolute atomic E-state index is 0.130. The zero-order chi connectivity index (χ0) is 9.84. The summed E-state index contributed by atoms with van der Waals surface area (Å²) in [5.74, 6) is 0.803. The van der Waals surface area contributed by atoms with E-state index in [9.17, 15) is 0 Å². The monoisotopic (exact) mass is 181 g/mol. The molecule has 0 atom stereocenters. The molecular weight excluding hydrogens is 166 g/mol. The number of aryl methyl sites for hydroxylation is 2. The molecule has 0 aliphatic rings. The normalized spacial score (nSPS) is 10.2. The average molecular weight is 181 g/mol. The van der Waals surface area contributed by atoms with Crippen molar-refractivity contribution in [3.8, 4) is 0 Å². The van der Waals surface area contributed by atoms with Crippen molar-refractivity contribution in [1.29, 1.82) is 0 Å². The minimum Gasteiger partial charge on any atom is -0.395 e. The lowest BCUT2D eigenvalue weighted by Gasteiger charge is -2.16. The summed E-state index contributed by atoms with van der Waals surface area (Å²) >= 11 is 0. The fourth-order valence-corrected chi connectivity index (χ4v) is 0.978. The Labute approximate surface area is 78.2 Å². The van der Waals surface area contributed by atoms with Crippen LogP contribution in [0.1, 0.15) is 11.4 Å². The Morgan fingerprint density at radius 3 is 2.62 bits per heavy atom. The van der Waals surface area contributed by atoms with Crippen LogP contribution in [0.3, 0.4) is 0 Å². The maximum atomic E-state index is 8.73. The molecule has 0 unspecified atom stereocenters. The smallest absolute Gasteiger partial charge is 0.147 e. The highest BCUT2D eigenvalue weighted by Crippen LogP contribution is 2.08. The van der Waals surface area contributed by atoms with Crippen LogP contribution in [-0.4, -0.2) is 35.3 Å². The molecule has 0 amide bonds. The average Bonchev–Trinajstić information content (AvgIpc) is 2.10. The molecule has 0 aliphatic carbocycles. The molecule has 4 heteroatoms. The summed E-state index contributed by atoms with van der Waals surface area (Å²) in [5, 5.41) is 8.73. The molecule has 4 nitrogen and oxygen atoms in total. The van der Waals surface area contributed by atoms with E-state index in [1.165, 1.54) is 0 Å². The van der Waals surface area contributed by atoms with Crippen LogP contribution in [0.25, 0.3) is 0 Å². The Morgan fingerprint density at radius 1 is 1.38 bits per heavy atom. The van der Waals surface area contributed by atoms with E-state index in [4.69, 9.17) is 5.11 Å². The van der Waals surface area contributed by atoms with Gasteiger partial charge in [0.1, 0.15) is 5.82 Å². The molecule has 0 aliphatic heterocycles. The SMILES string of the molecule is Cc1ncc(N(C)CCO)nc1C. The molecule has 0 bridgehead atoms. The lowest BCUT2D eigenvalue weighted by Crippen LogP contribution is -2.22. The first-order valence-corrected chi connectivity index (χ1v) is 4.27. The van der Waals surface area contributed by atoms with E-state index in [1.54, 1.807) is 6.20 Å². The van der Waals surface area contributed by atoms with E-state index in [-0.39, 0.29) is 6.61 Å². The molecule has 0 saturated carbocycles. The van der Waals surface area contributed by atoms with E-state index in [1.807, 2.05) is 25.8 Å². The van der Waals surface area contributed by atoms with Crippen molar-refractivity contribution in [2.45, 2.75) is 13.8 Å². The second-order valence-electron chi connectivity index (χ2n) is 3.04. The fourth-order valence-electron chi connectivity index (χ4n) is 0.978. The van der Waals surface area contributed by atoms with Gasteiger partial charge in [0.25, 0.3) is 0 Å². The van der Waals surface area contributed by atoms with E-state index >= 15 is 0 Å². The van der Waals surface area contributed by atoms with E-state index in [0.29, 0.717) is 6.54 Å². The highest BCUT2D eigenvalue weighted by Gasteiger charge is 2.03. The Morgan fingerprint density at radius 2 is 2.08 bits per heavy atom. The number of hydrogen-bond donors (Lipinski definition) is 1. The second kappa shape index (κ2) is 4.18. The number of rotatable bonds is 3. The summed E-state index contributed by atoms with van der Waals surface area (Å²) in [6.45, 7) is 4.57. The zero-order valence-corrected chi connectivity index (χ0v) is 8.28. The Balaban J connectivity index is 2.84. The predicted octanol–water partition coefficient (Wildman–Crippen LogP) is 0.522.